The van der Waals surface area contributed by atoms with Gasteiger partial charge in [-0.2, -0.15) is 0 Å². The van der Waals surface area contributed by atoms with Crippen LogP contribution >= 0.6 is 11.8 Å². The molecule has 0 radical (unpaired) electrons. The van der Waals surface area contributed by atoms with E-state index in [1.54, 1.807) is 36.4 Å². The lowest BCUT2D eigenvalue weighted by Gasteiger charge is -2.11. The van der Waals surface area contributed by atoms with Gasteiger partial charge in [0.15, 0.2) is 5.16 Å². The lowest BCUT2D eigenvalue weighted by molar-refractivity contribution is 0.102. The zero-order chi connectivity index (χ0) is 21.0. The average Bonchev–Trinajstić information content (AvgIpc) is 2.61. The van der Waals surface area contributed by atoms with Crippen molar-refractivity contribution in [1.29, 1.82) is 0 Å². The van der Waals surface area contributed by atoms with Crippen molar-refractivity contribution in [2.45, 2.75) is 23.9 Å². The molecule has 3 aromatic rings. The number of carbonyl (C=O) groups is 1. The first-order valence-corrected chi connectivity index (χ1v) is 11.4. The second-order valence-electron chi connectivity index (χ2n) is 6.43. The molecule has 0 aliphatic rings. The van der Waals surface area contributed by atoms with Crippen molar-refractivity contribution in [3.63, 3.8) is 0 Å². The van der Waals surface area contributed by atoms with Gasteiger partial charge in [-0.15, -0.1) is 0 Å². The van der Waals surface area contributed by atoms with Crippen molar-refractivity contribution in [3.8, 4) is 0 Å². The molecule has 9 heteroatoms. The van der Waals surface area contributed by atoms with Crippen molar-refractivity contribution in [1.82, 2.24) is 9.97 Å². The monoisotopic (exact) mass is 428 g/mol. The van der Waals surface area contributed by atoms with Crippen LogP contribution in [0.15, 0.2) is 64.6 Å². The van der Waals surface area contributed by atoms with Gasteiger partial charge in [-0.1, -0.05) is 12.1 Å². The molecule has 0 unspecified atom stereocenters. The maximum absolute atomic E-state index is 12.6. The number of anilines is 2. The van der Waals surface area contributed by atoms with Gasteiger partial charge >= 0.3 is 0 Å². The van der Waals surface area contributed by atoms with E-state index in [1.165, 1.54) is 11.8 Å². The SMILES string of the molecule is Cc1cc(C)nc(Sc2ccc(NC(=O)c3ccccc3NS(C)(=O)=O)cc2)n1. The van der Waals surface area contributed by atoms with Gasteiger partial charge in [-0.3, -0.25) is 9.52 Å². The first-order valence-electron chi connectivity index (χ1n) is 8.68. The van der Waals surface area contributed by atoms with Crippen LogP contribution in [0.4, 0.5) is 11.4 Å². The Balaban J connectivity index is 1.72. The summed E-state index contributed by atoms with van der Waals surface area (Å²) in [4.78, 5) is 22.3. The van der Waals surface area contributed by atoms with Gasteiger partial charge < -0.3 is 5.32 Å². The van der Waals surface area contributed by atoms with Crippen LogP contribution in [0.5, 0.6) is 0 Å². The summed E-state index contributed by atoms with van der Waals surface area (Å²) < 4.78 is 25.4. The largest absolute Gasteiger partial charge is 0.322 e. The third-order valence-electron chi connectivity index (χ3n) is 3.75. The molecule has 3 rings (SSSR count). The second kappa shape index (κ2) is 8.62. The Morgan fingerprint density at radius 1 is 0.966 bits per heavy atom. The molecule has 0 saturated carbocycles. The smallest absolute Gasteiger partial charge is 0.257 e. The minimum atomic E-state index is -3.49. The van der Waals surface area contributed by atoms with Crippen molar-refractivity contribution in [2.24, 2.45) is 0 Å². The zero-order valence-corrected chi connectivity index (χ0v) is 17.8. The number of benzene rings is 2. The first-order chi connectivity index (χ1) is 13.7. The van der Waals surface area contributed by atoms with Crippen LogP contribution in [0.25, 0.3) is 0 Å². The predicted octanol–water partition coefficient (Wildman–Crippen LogP) is 3.87. The standard InChI is InChI=1S/C20H20N4O3S2/c1-13-12-14(2)22-20(21-13)28-16-10-8-15(9-11-16)23-19(25)17-6-4-5-7-18(17)24-29(3,26)27/h4-12,24H,1-3H3,(H,23,25). The number of hydrogen-bond donors (Lipinski definition) is 2. The van der Waals surface area contributed by atoms with E-state index in [9.17, 15) is 13.2 Å². The molecule has 1 amide bonds. The fourth-order valence-electron chi connectivity index (χ4n) is 2.62. The topological polar surface area (TPSA) is 101 Å². The van der Waals surface area contributed by atoms with E-state index >= 15 is 0 Å². The molecule has 0 spiro atoms. The molecule has 1 heterocycles. The highest BCUT2D eigenvalue weighted by atomic mass is 32.2. The molecule has 7 nitrogen and oxygen atoms in total. The molecule has 0 aliphatic carbocycles. The van der Waals surface area contributed by atoms with Gasteiger partial charge in [0.05, 0.1) is 17.5 Å². The fraction of sp³-hybridized carbons (Fsp3) is 0.150. The van der Waals surface area contributed by atoms with E-state index < -0.39 is 15.9 Å². The summed E-state index contributed by atoms with van der Waals surface area (Å²) in [6.07, 6.45) is 1.04. The number of carbonyl (C=O) groups excluding carboxylic acids is 1. The Bertz CT molecular complexity index is 1130. The molecule has 0 atom stereocenters. The van der Waals surface area contributed by atoms with E-state index in [0.29, 0.717) is 10.8 Å². The molecule has 0 aliphatic heterocycles. The van der Waals surface area contributed by atoms with Crippen LogP contribution in [-0.2, 0) is 10.0 Å². The minimum absolute atomic E-state index is 0.228. The number of nitrogens with one attached hydrogen (secondary N) is 2. The number of hydrogen-bond acceptors (Lipinski definition) is 6. The summed E-state index contributed by atoms with van der Waals surface area (Å²) in [5, 5.41) is 3.45. The normalized spacial score (nSPS) is 11.1. The summed E-state index contributed by atoms with van der Waals surface area (Å²) in [6.45, 7) is 3.85. The Morgan fingerprint density at radius 2 is 1.59 bits per heavy atom. The molecule has 0 fully saturated rings. The van der Waals surface area contributed by atoms with Crippen molar-refractivity contribution < 1.29 is 13.2 Å². The summed E-state index contributed by atoms with van der Waals surface area (Å²) in [5.41, 5.74) is 2.87. The van der Waals surface area contributed by atoms with Crippen molar-refractivity contribution >= 4 is 39.1 Å². The van der Waals surface area contributed by atoms with Gasteiger partial charge in [0.2, 0.25) is 10.0 Å². The number of para-hydroxylation sites is 1. The Morgan fingerprint density at radius 3 is 2.21 bits per heavy atom. The lowest BCUT2D eigenvalue weighted by atomic mass is 10.1. The molecular formula is C20H20N4O3S2. The number of sulfonamides is 1. The van der Waals surface area contributed by atoms with Gasteiger partial charge in [-0.25, -0.2) is 18.4 Å². The van der Waals surface area contributed by atoms with Gasteiger partial charge in [0.25, 0.3) is 5.91 Å². The van der Waals surface area contributed by atoms with E-state index in [4.69, 9.17) is 0 Å². The zero-order valence-electron chi connectivity index (χ0n) is 16.1. The molecule has 2 aromatic carbocycles. The van der Waals surface area contributed by atoms with Gasteiger partial charge in [0.1, 0.15) is 0 Å². The summed E-state index contributed by atoms with van der Waals surface area (Å²) in [6, 6.07) is 15.6. The summed E-state index contributed by atoms with van der Waals surface area (Å²) >= 11 is 1.44. The predicted molar refractivity (Wildman–Crippen MR) is 115 cm³/mol. The van der Waals surface area contributed by atoms with E-state index in [-0.39, 0.29) is 11.3 Å². The molecule has 0 bridgehead atoms. The Labute approximate surface area is 174 Å². The summed E-state index contributed by atoms with van der Waals surface area (Å²) in [5.74, 6) is -0.408. The van der Waals surface area contributed by atoms with Crippen LogP contribution in [-0.4, -0.2) is 30.5 Å². The summed E-state index contributed by atoms with van der Waals surface area (Å²) in [7, 11) is -3.49. The van der Waals surface area contributed by atoms with Crippen molar-refractivity contribution in [2.75, 3.05) is 16.3 Å². The van der Waals surface area contributed by atoms with Crippen LogP contribution in [0.2, 0.25) is 0 Å². The van der Waals surface area contributed by atoms with E-state index in [2.05, 4.69) is 20.0 Å². The molecule has 29 heavy (non-hydrogen) atoms. The number of rotatable bonds is 6. The molecular weight excluding hydrogens is 408 g/mol. The highest BCUT2D eigenvalue weighted by Crippen LogP contribution is 2.26. The maximum Gasteiger partial charge on any atom is 0.257 e. The molecule has 1 aromatic heterocycles. The molecule has 0 saturated heterocycles. The van der Waals surface area contributed by atoms with Gasteiger partial charge in [0, 0.05) is 22.0 Å². The minimum Gasteiger partial charge on any atom is -0.322 e. The second-order valence-corrected chi connectivity index (χ2v) is 9.22. The fourth-order valence-corrected chi connectivity index (χ4v) is 4.06. The Hall–Kier alpha value is -2.91. The third-order valence-corrected chi connectivity index (χ3v) is 5.21. The molecule has 150 valence electrons. The number of aryl methyl sites for hydroxylation is 2. The van der Waals surface area contributed by atoms with Crippen LogP contribution < -0.4 is 10.0 Å². The first kappa shape index (κ1) is 20.8. The van der Waals surface area contributed by atoms with Crippen LogP contribution in [0, 0.1) is 13.8 Å². The highest BCUT2D eigenvalue weighted by molar-refractivity contribution is 7.99. The maximum atomic E-state index is 12.6. The van der Waals surface area contributed by atoms with Crippen LogP contribution in [0.3, 0.4) is 0 Å². The number of amides is 1. The van der Waals surface area contributed by atoms with E-state index in [0.717, 1.165) is 22.5 Å². The highest BCUT2D eigenvalue weighted by Gasteiger charge is 2.14. The van der Waals surface area contributed by atoms with Crippen molar-refractivity contribution in [3.05, 3.63) is 71.5 Å². The number of nitrogens with zero attached hydrogens (tertiary/aromatic N) is 2. The average molecular weight is 429 g/mol. The van der Waals surface area contributed by atoms with Crippen LogP contribution in [0.1, 0.15) is 21.7 Å². The Kier molecular flexibility index (Phi) is 6.19. The third kappa shape index (κ3) is 6.03. The van der Waals surface area contributed by atoms with Gasteiger partial charge in [-0.05, 0) is 68.1 Å². The lowest BCUT2D eigenvalue weighted by Crippen LogP contribution is -2.17. The van der Waals surface area contributed by atoms with E-state index in [1.807, 2.05) is 32.0 Å². The number of aromatic nitrogens is 2. The molecule has 2 N–H and O–H groups in total. The quantitative estimate of drug-likeness (QED) is 0.578.